The molecule has 14 heavy (non-hydrogen) atoms. The minimum Gasteiger partial charge on any atom is -0.273 e. The van der Waals surface area contributed by atoms with Gasteiger partial charge in [0.25, 0.3) is 0 Å². The first-order valence-corrected chi connectivity index (χ1v) is 4.69. The monoisotopic (exact) mass is 190 g/mol. The van der Waals surface area contributed by atoms with Crippen LogP contribution in [0.5, 0.6) is 0 Å². The Kier molecular flexibility index (Phi) is 1.86. The van der Waals surface area contributed by atoms with Crippen molar-refractivity contribution in [2.45, 2.75) is 25.7 Å². The Morgan fingerprint density at radius 3 is 2.71 bits per heavy atom. The van der Waals surface area contributed by atoms with Crippen molar-refractivity contribution in [2.75, 3.05) is 5.01 Å². The second-order valence-corrected chi connectivity index (χ2v) is 4.34. The van der Waals surface area contributed by atoms with E-state index in [1.807, 2.05) is 24.3 Å². The molecule has 74 valence electrons. The largest absolute Gasteiger partial charge is 0.273 e. The highest BCUT2D eigenvalue weighted by Crippen LogP contribution is 2.38. The van der Waals surface area contributed by atoms with Crippen molar-refractivity contribution in [3.05, 3.63) is 29.8 Å². The predicted octanol–water partition coefficient (Wildman–Crippen LogP) is 1.57. The van der Waals surface area contributed by atoms with Crippen molar-refractivity contribution in [1.29, 1.82) is 0 Å². The van der Waals surface area contributed by atoms with Crippen LogP contribution >= 0.6 is 0 Å². The second kappa shape index (κ2) is 2.82. The zero-order valence-corrected chi connectivity index (χ0v) is 8.45. The number of hydrogen-bond donors (Lipinski definition) is 1. The molecule has 0 fully saturated rings. The first kappa shape index (κ1) is 9.21. The zero-order valence-electron chi connectivity index (χ0n) is 8.45. The molecule has 0 aliphatic carbocycles. The summed E-state index contributed by atoms with van der Waals surface area (Å²) in [4.78, 5) is 11.6. The number of rotatable bonds is 0. The summed E-state index contributed by atoms with van der Waals surface area (Å²) in [5, 5.41) is 1.25. The third-order valence-corrected chi connectivity index (χ3v) is 2.75. The maximum Gasteiger partial charge on any atom is 0.242 e. The minimum atomic E-state index is -0.108. The number of benzene rings is 1. The van der Waals surface area contributed by atoms with Gasteiger partial charge < -0.3 is 0 Å². The molecular weight excluding hydrogens is 176 g/mol. The molecule has 1 aliphatic heterocycles. The Balaban J connectivity index is 2.61. The lowest BCUT2D eigenvalue weighted by atomic mass is 9.78. The van der Waals surface area contributed by atoms with Crippen molar-refractivity contribution in [3.8, 4) is 0 Å². The first-order valence-electron chi connectivity index (χ1n) is 4.69. The van der Waals surface area contributed by atoms with Gasteiger partial charge in [-0.3, -0.25) is 4.79 Å². The summed E-state index contributed by atoms with van der Waals surface area (Å²) in [5.74, 6) is 5.68. The van der Waals surface area contributed by atoms with Crippen molar-refractivity contribution in [1.82, 2.24) is 0 Å². The first-order chi connectivity index (χ1) is 6.52. The number of amides is 1. The minimum absolute atomic E-state index is 0.0197. The molecule has 0 unspecified atom stereocenters. The molecule has 0 saturated carbocycles. The summed E-state index contributed by atoms with van der Waals surface area (Å²) in [7, 11) is 0. The van der Waals surface area contributed by atoms with E-state index in [9.17, 15) is 4.79 Å². The summed E-state index contributed by atoms with van der Waals surface area (Å²) in [6.07, 6.45) is 0.473. The van der Waals surface area contributed by atoms with Crippen LogP contribution in [0.25, 0.3) is 0 Å². The Bertz CT molecular complexity index is 385. The molecule has 3 heteroatoms. The fourth-order valence-corrected chi connectivity index (χ4v) is 1.95. The van der Waals surface area contributed by atoms with Gasteiger partial charge in [-0.2, -0.15) is 0 Å². The molecule has 1 aromatic rings. The van der Waals surface area contributed by atoms with Gasteiger partial charge in [0.05, 0.1) is 5.69 Å². The van der Waals surface area contributed by atoms with Crippen LogP contribution in [0.3, 0.4) is 0 Å². The van der Waals surface area contributed by atoms with E-state index in [1.165, 1.54) is 5.01 Å². The van der Waals surface area contributed by atoms with Gasteiger partial charge in [0.1, 0.15) is 0 Å². The molecule has 0 bridgehead atoms. The number of para-hydroxylation sites is 1. The average Bonchev–Trinajstić information content (AvgIpc) is 2.14. The smallest absolute Gasteiger partial charge is 0.242 e. The number of hydrazine groups is 1. The van der Waals surface area contributed by atoms with E-state index < -0.39 is 0 Å². The summed E-state index contributed by atoms with van der Waals surface area (Å²) >= 11 is 0. The van der Waals surface area contributed by atoms with Gasteiger partial charge in [-0.1, -0.05) is 32.0 Å². The molecule has 1 amide bonds. The molecule has 0 saturated heterocycles. The third-order valence-electron chi connectivity index (χ3n) is 2.75. The van der Waals surface area contributed by atoms with Gasteiger partial charge in [-0.05, 0) is 11.6 Å². The number of hydrogen-bond acceptors (Lipinski definition) is 2. The Morgan fingerprint density at radius 2 is 2.00 bits per heavy atom. The molecular formula is C11H14N2O. The zero-order chi connectivity index (χ0) is 10.3. The van der Waals surface area contributed by atoms with Crippen LogP contribution in [0, 0.1) is 0 Å². The third kappa shape index (κ3) is 1.21. The molecule has 0 radical (unpaired) electrons. The molecule has 1 aliphatic rings. The molecule has 1 heterocycles. The van der Waals surface area contributed by atoms with Gasteiger partial charge in [0.15, 0.2) is 0 Å². The summed E-state index contributed by atoms with van der Waals surface area (Å²) in [6.45, 7) is 4.13. The topological polar surface area (TPSA) is 46.3 Å². The maximum atomic E-state index is 11.6. The summed E-state index contributed by atoms with van der Waals surface area (Å²) in [6, 6.07) is 7.79. The number of nitrogens with two attached hydrogens (primary N) is 1. The highest BCUT2D eigenvalue weighted by atomic mass is 16.2. The van der Waals surface area contributed by atoms with Crippen molar-refractivity contribution in [3.63, 3.8) is 0 Å². The number of anilines is 1. The number of carbonyl (C=O) groups is 1. The molecule has 2 rings (SSSR count). The van der Waals surface area contributed by atoms with Crippen LogP contribution in [0.1, 0.15) is 25.8 Å². The second-order valence-electron chi connectivity index (χ2n) is 4.34. The molecule has 2 N–H and O–H groups in total. The van der Waals surface area contributed by atoms with Gasteiger partial charge in [0.2, 0.25) is 5.91 Å². The van der Waals surface area contributed by atoms with Crippen molar-refractivity contribution < 1.29 is 4.79 Å². The lowest BCUT2D eigenvalue weighted by Gasteiger charge is -2.36. The van der Waals surface area contributed by atoms with Crippen molar-refractivity contribution >= 4 is 11.6 Å². The van der Waals surface area contributed by atoms with E-state index in [0.717, 1.165) is 11.3 Å². The van der Waals surface area contributed by atoms with Crippen LogP contribution in [-0.4, -0.2) is 5.91 Å². The van der Waals surface area contributed by atoms with Gasteiger partial charge in [-0.25, -0.2) is 10.9 Å². The van der Waals surface area contributed by atoms with Crippen LogP contribution in [0.4, 0.5) is 5.69 Å². The lowest BCUT2D eigenvalue weighted by molar-refractivity contribution is -0.120. The van der Waals surface area contributed by atoms with Crippen LogP contribution in [0.15, 0.2) is 24.3 Å². The Morgan fingerprint density at radius 1 is 1.36 bits per heavy atom. The SMILES string of the molecule is CC1(C)CC(=O)N(N)c2ccccc21. The lowest BCUT2D eigenvalue weighted by Crippen LogP contribution is -2.46. The molecule has 1 aromatic carbocycles. The molecule has 0 aromatic heterocycles. The van der Waals surface area contributed by atoms with Gasteiger partial charge in [-0.15, -0.1) is 0 Å². The van der Waals surface area contributed by atoms with E-state index in [0.29, 0.717) is 6.42 Å². The number of nitrogens with zero attached hydrogens (tertiary/aromatic N) is 1. The highest BCUT2D eigenvalue weighted by Gasteiger charge is 2.34. The number of fused-ring (bicyclic) bond motifs is 1. The molecule has 3 nitrogen and oxygen atoms in total. The predicted molar refractivity (Wildman–Crippen MR) is 55.8 cm³/mol. The summed E-state index contributed by atoms with van der Waals surface area (Å²) in [5.41, 5.74) is 1.86. The van der Waals surface area contributed by atoms with E-state index in [-0.39, 0.29) is 11.3 Å². The normalized spacial score (nSPS) is 19.4. The standard InChI is InChI=1S/C11H14N2O/c1-11(2)7-10(14)13(12)9-6-4-3-5-8(9)11/h3-6H,7,12H2,1-2H3. The maximum absolute atomic E-state index is 11.6. The fraction of sp³-hybridized carbons (Fsp3) is 0.364. The van der Waals surface area contributed by atoms with Crippen molar-refractivity contribution in [2.24, 2.45) is 5.84 Å². The van der Waals surface area contributed by atoms with Gasteiger partial charge >= 0.3 is 0 Å². The van der Waals surface area contributed by atoms with Crippen LogP contribution < -0.4 is 10.9 Å². The number of carbonyl (C=O) groups excluding carboxylic acids is 1. The highest BCUT2D eigenvalue weighted by molar-refractivity contribution is 5.96. The molecule has 0 atom stereocenters. The Labute approximate surface area is 83.5 Å². The fourth-order valence-electron chi connectivity index (χ4n) is 1.95. The van der Waals surface area contributed by atoms with E-state index in [1.54, 1.807) is 0 Å². The average molecular weight is 190 g/mol. The van der Waals surface area contributed by atoms with Crippen LogP contribution in [0.2, 0.25) is 0 Å². The van der Waals surface area contributed by atoms with E-state index >= 15 is 0 Å². The van der Waals surface area contributed by atoms with E-state index in [4.69, 9.17) is 5.84 Å². The van der Waals surface area contributed by atoms with Gasteiger partial charge in [0, 0.05) is 11.8 Å². The summed E-state index contributed by atoms with van der Waals surface area (Å²) < 4.78 is 0. The van der Waals surface area contributed by atoms with E-state index in [2.05, 4.69) is 13.8 Å². The van der Waals surface area contributed by atoms with Crippen LogP contribution in [-0.2, 0) is 10.2 Å². The molecule has 0 spiro atoms. The Hall–Kier alpha value is -1.35. The quantitative estimate of drug-likeness (QED) is 0.498.